The topological polar surface area (TPSA) is 105 Å². The van der Waals surface area contributed by atoms with E-state index in [0.717, 1.165) is 23.4 Å². The fourth-order valence-corrected chi connectivity index (χ4v) is 4.15. The van der Waals surface area contributed by atoms with Gasteiger partial charge in [-0.3, -0.25) is 9.59 Å². The second kappa shape index (κ2) is 9.36. The van der Waals surface area contributed by atoms with Gasteiger partial charge < -0.3 is 21.3 Å². The molecule has 1 fully saturated rings. The Balaban J connectivity index is 1.60. The third-order valence-electron chi connectivity index (χ3n) is 4.77. The van der Waals surface area contributed by atoms with E-state index in [0.29, 0.717) is 13.1 Å². The first-order valence-electron chi connectivity index (χ1n) is 9.26. The number of piperidine rings is 1. The van der Waals surface area contributed by atoms with Crippen LogP contribution in [-0.4, -0.2) is 35.8 Å². The number of para-hydroxylation sites is 1. The van der Waals surface area contributed by atoms with Crippen LogP contribution in [0.2, 0.25) is 0 Å². The van der Waals surface area contributed by atoms with Crippen molar-refractivity contribution in [2.24, 2.45) is 11.7 Å². The van der Waals surface area contributed by atoms with Gasteiger partial charge in [0.05, 0.1) is 18.4 Å². The molecule has 4 amide bonds. The number of carbonyl (C=O) groups excluding carboxylic acids is 3. The lowest BCUT2D eigenvalue weighted by Gasteiger charge is -2.33. The molecular weight excluding hydrogens is 376 g/mol. The maximum absolute atomic E-state index is 12.8. The molecule has 0 radical (unpaired) electrons. The van der Waals surface area contributed by atoms with Crippen LogP contribution in [0.3, 0.4) is 0 Å². The van der Waals surface area contributed by atoms with Crippen molar-refractivity contribution in [2.45, 2.75) is 25.3 Å². The van der Waals surface area contributed by atoms with Crippen LogP contribution >= 0.6 is 11.3 Å². The number of hydrogen-bond acceptors (Lipinski definition) is 4. The van der Waals surface area contributed by atoms with Gasteiger partial charge in [0.2, 0.25) is 11.8 Å². The molecule has 4 N–H and O–H groups in total. The molecule has 1 aromatic carbocycles. The van der Waals surface area contributed by atoms with Gasteiger partial charge in [-0.15, -0.1) is 11.3 Å². The third kappa shape index (κ3) is 5.32. The van der Waals surface area contributed by atoms with Gasteiger partial charge in [-0.05, 0) is 36.4 Å². The number of urea groups is 1. The summed E-state index contributed by atoms with van der Waals surface area (Å²) in [6, 6.07) is 11.9. The molecular formula is C20H24N4O3S. The first-order chi connectivity index (χ1) is 13.5. The van der Waals surface area contributed by atoms with Crippen LogP contribution in [0.1, 0.15) is 30.2 Å². The van der Waals surface area contributed by atoms with Crippen molar-refractivity contribution in [1.82, 2.24) is 10.2 Å². The Bertz CT molecular complexity index is 810. The molecule has 0 saturated carbocycles. The zero-order valence-corrected chi connectivity index (χ0v) is 16.3. The van der Waals surface area contributed by atoms with Gasteiger partial charge in [-0.1, -0.05) is 24.3 Å². The van der Waals surface area contributed by atoms with E-state index in [-0.39, 0.29) is 24.2 Å². The summed E-state index contributed by atoms with van der Waals surface area (Å²) in [7, 11) is 0. The Morgan fingerprint density at radius 3 is 2.64 bits per heavy atom. The number of nitrogens with zero attached hydrogens (tertiary/aromatic N) is 1. The quantitative estimate of drug-likeness (QED) is 0.694. The van der Waals surface area contributed by atoms with Gasteiger partial charge >= 0.3 is 6.03 Å². The summed E-state index contributed by atoms with van der Waals surface area (Å²) >= 11 is 1.46. The average molecular weight is 401 g/mol. The molecule has 148 valence electrons. The lowest BCUT2D eigenvalue weighted by Crippen LogP contribution is -2.45. The number of anilines is 1. The Labute approximate surface area is 167 Å². The van der Waals surface area contributed by atoms with E-state index in [4.69, 9.17) is 5.73 Å². The Morgan fingerprint density at radius 2 is 1.96 bits per heavy atom. The SMILES string of the molecule is NC(=O)NC(CC(=O)N1CCCC(C(=O)Nc2ccccc2)C1)c1cccs1. The summed E-state index contributed by atoms with van der Waals surface area (Å²) in [6.45, 7) is 0.993. The van der Waals surface area contributed by atoms with Gasteiger partial charge in [-0.2, -0.15) is 0 Å². The van der Waals surface area contributed by atoms with E-state index < -0.39 is 12.1 Å². The predicted molar refractivity (Wildman–Crippen MR) is 109 cm³/mol. The number of rotatable bonds is 6. The summed E-state index contributed by atoms with van der Waals surface area (Å²) in [6.07, 6.45) is 1.64. The number of nitrogens with one attached hydrogen (secondary N) is 2. The Morgan fingerprint density at radius 1 is 1.18 bits per heavy atom. The highest BCUT2D eigenvalue weighted by Crippen LogP contribution is 2.25. The van der Waals surface area contributed by atoms with E-state index in [1.807, 2.05) is 47.8 Å². The standard InChI is InChI=1S/C20H24N4O3S/c21-20(27)23-16(17-9-5-11-28-17)12-18(25)24-10-4-6-14(13-24)19(26)22-15-7-2-1-3-8-15/h1-3,5,7-9,11,14,16H,4,6,10,12-13H2,(H,22,26)(H3,21,23,27). The Kier molecular flexibility index (Phi) is 6.65. The van der Waals surface area contributed by atoms with Crippen molar-refractivity contribution < 1.29 is 14.4 Å². The molecule has 0 aliphatic carbocycles. The number of benzene rings is 1. The maximum atomic E-state index is 12.8. The normalized spacial score (nSPS) is 17.6. The van der Waals surface area contributed by atoms with Crippen LogP contribution in [0.25, 0.3) is 0 Å². The summed E-state index contributed by atoms with van der Waals surface area (Å²) in [5.74, 6) is -0.416. The highest BCUT2D eigenvalue weighted by atomic mass is 32.1. The number of nitrogens with two attached hydrogens (primary N) is 1. The molecule has 1 aliphatic rings. The van der Waals surface area contributed by atoms with Gasteiger partial charge in [0, 0.05) is 23.7 Å². The maximum Gasteiger partial charge on any atom is 0.312 e. The van der Waals surface area contributed by atoms with Gasteiger partial charge in [0.25, 0.3) is 0 Å². The smallest absolute Gasteiger partial charge is 0.312 e. The predicted octanol–water partition coefficient (Wildman–Crippen LogP) is 2.72. The highest BCUT2D eigenvalue weighted by Gasteiger charge is 2.30. The number of carbonyl (C=O) groups is 3. The van der Waals surface area contributed by atoms with Crippen LogP contribution in [0.5, 0.6) is 0 Å². The minimum atomic E-state index is -0.662. The Hall–Kier alpha value is -2.87. The lowest BCUT2D eigenvalue weighted by molar-refractivity contribution is -0.135. The molecule has 2 unspecified atom stereocenters. The first-order valence-corrected chi connectivity index (χ1v) is 10.1. The van der Waals surface area contributed by atoms with Gasteiger partial charge in [0.15, 0.2) is 0 Å². The fourth-order valence-electron chi connectivity index (χ4n) is 3.37. The van der Waals surface area contributed by atoms with Gasteiger partial charge in [-0.25, -0.2) is 4.79 Å². The minimum absolute atomic E-state index is 0.0752. The van der Waals surface area contributed by atoms with E-state index in [9.17, 15) is 14.4 Å². The third-order valence-corrected chi connectivity index (χ3v) is 5.75. The zero-order chi connectivity index (χ0) is 19.9. The molecule has 0 spiro atoms. The number of thiophene rings is 1. The second-order valence-electron chi connectivity index (χ2n) is 6.81. The van der Waals surface area contributed by atoms with Crippen molar-refractivity contribution in [1.29, 1.82) is 0 Å². The van der Waals surface area contributed by atoms with E-state index in [1.54, 1.807) is 4.90 Å². The molecule has 2 atom stereocenters. The van der Waals surface area contributed by atoms with Crippen molar-refractivity contribution in [3.63, 3.8) is 0 Å². The molecule has 1 aromatic heterocycles. The summed E-state index contributed by atoms with van der Waals surface area (Å²) in [5.41, 5.74) is 6.01. The molecule has 7 nitrogen and oxygen atoms in total. The number of likely N-dealkylation sites (tertiary alicyclic amines) is 1. The van der Waals surface area contributed by atoms with Crippen LogP contribution in [0, 0.1) is 5.92 Å². The van der Waals surface area contributed by atoms with Crippen LogP contribution in [0.4, 0.5) is 10.5 Å². The minimum Gasteiger partial charge on any atom is -0.352 e. The fraction of sp³-hybridized carbons (Fsp3) is 0.350. The summed E-state index contributed by atoms with van der Waals surface area (Å²) in [4.78, 5) is 39.3. The molecule has 2 aromatic rings. The molecule has 2 heterocycles. The largest absolute Gasteiger partial charge is 0.352 e. The lowest BCUT2D eigenvalue weighted by atomic mass is 9.96. The highest BCUT2D eigenvalue weighted by molar-refractivity contribution is 7.10. The number of amides is 4. The van der Waals surface area contributed by atoms with Crippen molar-refractivity contribution >= 4 is 34.9 Å². The summed E-state index contributed by atoms with van der Waals surface area (Å²) in [5, 5.41) is 7.44. The molecule has 0 bridgehead atoms. The van der Waals surface area contributed by atoms with Crippen LogP contribution in [-0.2, 0) is 9.59 Å². The van der Waals surface area contributed by atoms with Crippen LogP contribution < -0.4 is 16.4 Å². The molecule has 1 aliphatic heterocycles. The van der Waals surface area contributed by atoms with E-state index >= 15 is 0 Å². The van der Waals surface area contributed by atoms with Crippen molar-refractivity contribution in [2.75, 3.05) is 18.4 Å². The monoisotopic (exact) mass is 400 g/mol. The first kappa shape index (κ1) is 19.9. The summed E-state index contributed by atoms with van der Waals surface area (Å²) < 4.78 is 0. The molecule has 1 saturated heterocycles. The molecule has 3 rings (SSSR count). The second-order valence-corrected chi connectivity index (χ2v) is 7.79. The molecule has 8 heteroatoms. The van der Waals surface area contributed by atoms with E-state index in [1.165, 1.54) is 11.3 Å². The van der Waals surface area contributed by atoms with Gasteiger partial charge in [0.1, 0.15) is 0 Å². The van der Waals surface area contributed by atoms with Crippen LogP contribution in [0.15, 0.2) is 47.8 Å². The zero-order valence-electron chi connectivity index (χ0n) is 15.5. The van der Waals surface area contributed by atoms with Crippen molar-refractivity contribution in [3.8, 4) is 0 Å². The van der Waals surface area contributed by atoms with Crippen molar-refractivity contribution in [3.05, 3.63) is 52.7 Å². The number of primary amides is 1. The van der Waals surface area contributed by atoms with E-state index in [2.05, 4.69) is 10.6 Å². The molecule has 28 heavy (non-hydrogen) atoms. The average Bonchev–Trinajstić information content (AvgIpc) is 3.23. The number of hydrogen-bond donors (Lipinski definition) is 3.